The monoisotopic (exact) mass is 218 g/mol. The van der Waals surface area contributed by atoms with Crippen LogP contribution in [0.4, 0.5) is 0 Å². The molecule has 0 aliphatic carbocycles. The molecule has 8 heteroatoms. The van der Waals surface area contributed by atoms with Gasteiger partial charge in [-0.2, -0.15) is 0 Å². The topological polar surface area (TPSA) is 135 Å². The van der Waals surface area contributed by atoms with Crippen molar-refractivity contribution in [2.45, 2.75) is 13.0 Å². The van der Waals surface area contributed by atoms with Crippen LogP contribution >= 0.6 is 0 Å². The number of hydrogen-bond donors (Lipinski definition) is 3. The summed E-state index contributed by atoms with van der Waals surface area (Å²) in [6.07, 6.45) is -1.23. The minimum Gasteiger partial charge on any atom is -0.539 e. The van der Waals surface area contributed by atoms with Crippen LogP contribution in [-0.2, 0) is 14.4 Å². The average Bonchev–Trinajstić information content (AvgIpc) is 1.88. The number of carboxylic acids is 3. The SMILES string of the molecule is CC(O)C(=O)O.O=C([O-])C(=O)O.[K+]. The first kappa shape index (κ1) is 18.7. The van der Waals surface area contributed by atoms with E-state index < -0.39 is 24.0 Å². The molecule has 0 rings (SSSR count). The van der Waals surface area contributed by atoms with Crippen LogP contribution in [0.3, 0.4) is 0 Å². The second-order valence-corrected chi connectivity index (χ2v) is 1.61. The molecule has 7 nitrogen and oxygen atoms in total. The summed E-state index contributed by atoms with van der Waals surface area (Å²) in [4.78, 5) is 27.5. The summed E-state index contributed by atoms with van der Waals surface area (Å²) < 4.78 is 0. The molecule has 0 aliphatic heterocycles. The van der Waals surface area contributed by atoms with E-state index in [1.165, 1.54) is 6.92 Å². The fraction of sp³-hybridized carbons (Fsp3) is 0.400. The van der Waals surface area contributed by atoms with E-state index in [9.17, 15) is 4.79 Å². The zero-order valence-electron chi connectivity index (χ0n) is 7.05. The Morgan fingerprint density at radius 3 is 1.38 bits per heavy atom. The maximum absolute atomic E-state index is 9.45. The summed E-state index contributed by atoms with van der Waals surface area (Å²) in [5.41, 5.74) is 0. The number of rotatable bonds is 1. The van der Waals surface area contributed by atoms with Crippen LogP contribution in [0.25, 0.3) is 0 Å². The normalized spacial score (nSPS) is 9.69. The van der Waals surface area contributed by atoms with Crippen LogP contribution in [0.1, 0.15) is 6.92 Å². The Kier molecular flexibility index (Phi) is 14.5. The van der Waals surface area contributed by atoms with Crippen molar-refractivity contribution in [1.82, 2.24) is 0 Å². The fourth-order valence-electron chi connectivity index (χ4n) is 0. The van der Waals surface area contributed by atoms with Gasteiger partial charge in [0, 0.05) is 0 Å². The Bertz CT molecular complexity index is 175. The molecule has 0 aliphatic rings. The van der Waals surface area contributed by atoms with Crippen LogP contribution < -0.4 is 56.5 Å². The minimum absolute atomic E-state index is 0. The summed E-state index contributed by atoms with van der Waals surface area (Å²) in [5, 5.41) is 32.1. The zero-order chi connectivity index (χ0) is 10.3. The Labute approximate surface area is 116 Å². The fourth-order valence-corrected chi connectivity index (χ4v) is 0. The molecule has 0 aromatic heterocycles. The molecule has 0 heterocycles. The van der Waals surface area contributed by atoms with E-state index >= 15 is 0 Å². The molecule has 0 aromatic carbocycles. The minimum atomic E-state index is -2.07. The molecule has 0 fully saturated rings. The molecule has 13 heavy (non-hydrogen) atoms. The Hall–Kier alpha value is 0.00636. The molecule has 0 spiro atoms. The number of hydrogen-bond acceptors (Lipinski definition) is 5. The van der Waals surface area contributed by atoms with Crippen LogP contribution in [0.5, 0.6) is 0 Å². The molecule has 0 aromatic rings. The summed E-state index contributed by atoms with van der Waals surface area (Å²) in [7, 11) is 0. The van der Waals surface area contributed by atoms with Gasteiger partial charge in [-0.15, -0.1) is 0 Å². The third kappa shape index (κ3) is 18.8. The molecule has 70 valence electrons. The van der Waals surface area contributed by atoms with E-state index in [-0.39, 0.29) is 51.4 Å². The predicted molar refractivity (Wildman–Crippen MR) is 32.0 cm³/mol. The van der Waals surface area contributed by atoms with Gasteiger partial charge in [0.15, 0.2) is 5.97 Å². The molecule has 3 N–H and O–H groups in total. The van der Waals surface area contributed by atoms with E-state index in [0.717, 1.165) is 0 Å². The summed E-state index contributed by atoms with van der Waals surface area (Å²) >= 11 is 0. The Morgan fingerprint density at radius 1 is 1.23 bits per heavy atom. The maximum Gasteiger partial charge on any atom is 1.00 e. The first-order valence-corrected chi connectivity index (χ1v) is 2.64. The van der Waals surface area contributed by atoms with Gasteiger partial charge in [0.2, 0.25) is 0 Å². The second kappa shape index (κ2) is 10.1. The number of aliphatic hydroxyl groups is 1. The van der Waals surface area contributed by atoms with Crippen molar-refractivity contribution in [3.8, 4) is 0 Å². The first-order valence-electron chi connectivity index (χ1n) is 2.64. The molecule has 1 atom stereocenters. The molecular weight excluding hydrogens is 211 g/mol. The largest absolute Gasteiger partial charge is 1.00 e. The molecule has 1 unspecified atom stereocenters. The number of carboxylic acid groups (broad SMARTS) is 3. The molecule has 0 amide bonds. The molecule has 0 saturated heterocycles. The van der Waals surface area contributed by atoms with E-state index in [2.05, 4.69) is 0 Å². The predicted octanol–water partition coefficient (Wildman–Crippen LogP) is -5.72. The summed E-state index contributed by atoms with van der Waals surface area (Å²) in [6, 6.07) is 0. The van der Waals surface area contributed by atoms with Crippen molar-refractivity contribution in [3.05, 3.63) is 0 Å². The van der Waals surface area contributed by atoms with Crippen molar-refractivity contribution in [2.75, 3.05) is 0 Å². The van der Waals surface area contributed by atoms with Gasteiger partial charge >= 0.3 is 63.3 Å². The second-order valence-electron chi connectivity index (χ2n) is 1.61. The number of carbonyl (C=O) groups excluding carboxylic acids is 1. The smallest absolute Gasteiger partial charge is 0.539 e. The van der Waals surface area contributed by atoms with Gasteiger partial charge in [0.25, 0.3) is 0 Å². The van der Waals surface area contributed by atoms with Gasteiger partial charge in [-0.05, 0) is 6.92 Å². The van der Waals surface area contributed by atoms with Crippen LogP contribution in [-0.4, -0.2) is 39.3 Å². The maximum atomic E-state index is 9.45. The third-order valence-electron chi connectivity index (χ3n) is 0.532. The van der Waals surface area contributed by atoms with Gasteiger partial charge < -0.3 is 25.2 Å². The molecular formula is C5H7KO7. The van der Waals surface area contributed by atoms with E-state index in [0.29, 0.717) is 0 Å². The number of aliphatic carboxylic acids is 3. The summed E-state index contributed by atoms with van der Waals surface area (Å²) in [5.74, 6) is -5.19. The summed E-state index contributed by atoms with van der Waals surface area (Å²) in [6.45, 7) is 1.20. The van der Waals surface area contributed by atoms with Crippen LogP contribution in [0.15, 0.2) is 0 Å². The molecule has 0 bridgehead atoms. The van der Waals surface area contributed by atoms with Crippen molar-refractivity contribution in [3.63, 3.8) is 0 Å². The Balaban J connectivity index is -0.000000143. The van der Waals surface area contributed by atoms with Gasteiger partial charge in [-0.1, -0.05) is 0 Å². The quantitative estimate of drug-likeness (QED) is 0.295. The van der Waals surface area contributed by atoms with Crippen molar-refractivity contribution in [1.29, 1.82) is 0 Å². The van der Waals surface area contributed by atoms with Crippen LogP contribution in [0, 0.1) is 0 Å². The van der Waals surface area contributed by atoms with Crippen molar-refractivity contribution < 1.29 is 86.2 Å². The number of aliphatic hydroxyl groups excluding tert-OH is 1. The number of carbonyl (C=O) groups is 3. The van der Waals surface area contributed by atoms with Crippen molar-refractivity contribution >= 4 is 17.9 Å². The van der Waals surface area contributed by atoms with E-state index in [1.54, 1.807) is 0 Å². The van der Waals surface area contributed by atoms with Crippen molar-refractivity contribution in [2.24, 2.45) is 0 Å². The van der Waals surface area contributed by atoms with E-state index in [1.807, 2.05) is 0 Å². The average molecular weight is 218 g/mol. The Morgan fingerprint density at radius 2 is 1.38 bits per heavy atom. The van der Waals surface area contributed by atoms with Gasteiger partial charge in [-0.3, -0.25) is 0 Å². The zero-order valence-corrected chi connectivity index (χ0v) is 10.2. The van der Waals surface area contributed by atoms with Gasteiger partial charge in [0.05, 0.1) is 0 Å². The standard InChI is InChI=1S/C3H6O3.C2H2O4.K/c1-2(4)3(5)6;3-1(4)2(5)6;/h2,4H,1H3,(H,5,6);(H,3,4)(H,5,6);/q;;+1/p-1. The van der Waals surface area contributed by atoms with Gasteiger partial charge in [-0.25, -0.2) is 9.59 Å². The third-order valence-corrected chi connectivity index (χ3v) is 0.532. The molecule has 0 radical (unpaired) electrons. The van der Waals surface area contributed by atoms with Gasteiger partial charge in [0.1, 0.15) is 6.10 Å². The van der Waals surface area contributed by atoms with Crippen LogP contribution in [0.2, 0.25) is 0 Å². The molecule has 0 saturated carbocycles. The van der Waals surface area contributed by atoms with E-state index in [4.69, 9.17) is 30.0 Å². The first-order chi connectivity index (χ1) is 5.29.